The van der Waals surface area contributed by atoms with Crippen LogP contribution in [0.5, 0.6) is 0 Å². The van der Waals surface area contributed by atoms with Gasteiger partial charge in [0, 0.05) is 15.9 Å². The molecule has 1 amide bonds. The molecule has 0 saturated heterocycles. The van der Waals surface area contributed by atoms with Crippen molar-refractivity contribution in [3.8, 4) is 0 Å². The number of carbonyl (C=O) groups is 1. The molecule has 1 aromatic rings. The number of amides is 1. The number of benzene rings is 1. The Labute approximate surface area is 118 Å². The van der Waals surface area contributed by atoms with Crippen molar-refractivity contribution in [3.05, 3.63) is 35.4 Å². The fraction of sp³-hybridized carbons (Fsp3) is 0.462. The van der Waals surface area contributed by atoms with Gasteiger partial charge in [-0.2, -0.15) is 13.2 Å². The summed E-state index contributed by atoms with van der Waals surface area (Å²) in [6.07, 6.45) is -4.45. The Morgan fingerprint density at radius 3 is 2.37 bits per heavy atom. The van der Waals surface area contributed by atoms with E-state index in [1.165, 1.54) is 12.1 Å². The van der Waals surface area contributed by atoms with Crippen molar-refractivity contribution < 1.29 is 18.0 Å². The summed E-state index contributed by atoms with van der Waals surface area (Å²) in [6, 6.07) is 4.38. The van der Waals surface area contributed by atoms with Gasteiger partial charge in [0.25, 0.3) is 5.91 Å². The third-order valence-electron chi connectivity index (χ3n) is 2.88. The van der Waals surface area contributed by atoms with Crippen LogP contribution >= 0.6 is 15.9 Å². The Hall–Kier alpha value is -1.04. The molecule has 19 heavy (non-hydrogen) atoms. The third kappa shape index (κ3) is 4.23. The highest BCUT2D eigenvalue weighted by Gasteiger charge is 2.31. The fourth-order valence-corrected chi connectivity index (χ4v) is 1.42. The van der Waals surface area contributed by atoms with Gasteiger partial charge in [-0.1, -0.05) is 28.9 Å². The summed E-state index contributed by atoms with van der Waals surface area (Å²) in [4.78, 5) is 11.9. The minimum Gasteiger partial charge on any atom is -0.346 e. The zero-order valence-corrected chi connectivity index (χ0v) is 12.4. The van der Waals surface area contributed by atoms with Gasteiger partial charge in [0.1, 0.15) is 0 Å². The third-order valence-corrected chi connectivity index (χ3v) is 4.03. The van der Waals surface area contributed by atoms with Crippen LogP contribution in [0.1, 0.15) is 36.7 Å². The summed E-state index contributed by atoms with van der Waals surface area (Å²) >= 11 is 3.35. The number of alkyl halides is 4. The first-order chi connectivity index (χ1) is 8.54. The van der Waals surface area contributed by atoms with Crippen molar-refractivity contribution in [1.82, 2.24) is 5.32 Å². The summed E-state index contributed by atoms with van der Waals surface area (Å²) in [5.41, 5.74) is -1.40. The van der Waals surface area contributed by atoms with Crippen molar-refractivity contribution >= 4 is 21.8 Å². The summed E-state index contributed by atoms with van der Waals surface area (Å²) in [6.45, 7) is 5.43. The van der Waals surface area contributed by atoms with E-state index in [2.05, 4.69) is 21.2 Å². The average molecular weight is 338 g/mol. The lowest BCUT2D eigenvalue weighted by Gasteiger charge is -2.29. The number of nitrogens with one attached hydrogen (secondary N) is 1. The van der Waals surface area contributed by atoms with Gasteiger partial charge < -0.3 is 5.32 Å². The highest BCUT2D eigenvalue weighted by molar-refractivity contribution is 9.09. The molecule has 0 aromatic heterocycles. The van der Waals surface area contributed by atoms with Crippen molar-refractivity contribution in [2.45, 2.75) is 37.3 Å². The number of rotatable bonds is 3. The monoisotopic (exact) mass is 337 g/mol. The van der Waals surface area contributed by atoms with E-state index in [4.69, 9.17) is 0 Å². The second-order valence-electron chi connectivity index (χ2n) is 4.87. The first kappa shape index (κ1) is 16.0. The van der Waals surface area contributed by atoms with Crippen molar-refractivity contribution in [3.63, 3.8) is 0 Å². The van der Waals surface area contributed by atoms with E-state index in [1.54, 1.807) is 13.8 Å². The molecule has 1 atom stereocenters. The Balaban J connectivity index is 2.96. The van der Waals surface area contributed by atoms with Crippen LogP contribution in [0.15, 0.2) is 24.3 Å². The van der Waals surface area contributed by atoms with E-state index < -0.39 is 23.2 Å². The predicted molar refractivity (Wildman–Crippen MR) is 71.4 cm³/mol. The van der Waals surface area contributed by atoms with Gasteiger partial charge in [0.15, 0.2) is 0 Å². The lowest BCUT2D eigenvalue weighted by atomic mass is 10.0. The second kappa shape index (κ2) is 5.53. The van der Waals surface area contributed by atoms with Crippen LogP contribution in [0.2, 0.25) is 0 Å². The molecule has 1 N–H and O–H groups in total. The number of halogens is 4. The van der Waals surface area contributed by atoms with E-state index >= 15 is 0 Å². The van der Waals surface area contributed by atoms with Gasteiger partial charge in [-0.3, -0.25) is 4.79 Å². The summed E-state index contributed by atoms with van der Waals surface area (Å²) < 4.78 is 37.7. The Morgan fingerprint density at radius 1 is 1.32 bits per heavy atom. The number of carbonyl (C=O) groups excluding carboxylic acids is 1. The van der Waals surface area contributed by atoms with Crippen LogP contribution in [0.25, 0.3) is 0 Å². The standard InChI is InChI=1S/C13H15BrF3NO/c1-8(14)12(2,3)18-11(19)9-5-4-6-10(7-9)13(15,16)17/h4-8H,1-3H3,(H,18,19). The molecule has 0 saturated carbocycles. The molecule has 2 nitrogen and oxygen atoms in total. The van der Waals surface area contributed by atoms with Crippen LogP contribution in [0.3, 0.4) is 0 Å². The van der Waals surface area contributed by atoms with Crippen molar-refractivity contribution in [1.29, 1.82) is 0 Å². The highest BCUT2D eigenvalue weighted by atomic mass is 79.9. The molecule has 1 rings (SSSR count). The molecule has 0 heterocycles. The topological polar surface area (TPSA) is 29.1 Å². The largest absolute Gasteiger partial charge is 0.416 e. The summed E-state index contributed by atoms with van der Waals surface area (Å²) in [5, 5.41) is 2.70. The first-order valence-corrected chi connectivity index (χ1v) is 6.59. The molecule has 6 heteroatoms. The lowest BCUT2D eigenvalue weighted by molar-refractivity contribution is -0.137. The molecule has 0 aliphatic rings. The Bertz CT molecular complexity index is 469. The van der Waals surface area contributed by atoms with Gasteiger partial charge in [0.05, 0.1) is 5.56 Å². The van der Waals surface area contributed by atoms with Crippen LogP contribution < -0.4 is 5.32 Å². The second-order valence-corrected chi connectivity index (χ2v) is 6.24. The van der Waals surface area contributed by atoms with Crippen molar-refractivity contribution in [2.24, 2.45) is 0 Å². The molecule has 1 aromatic carbocycles. The molecular weight excluding hydrogens is 323 g/mol. The summed E-state index contributed by atoms with van der Waals surface area (Å²) in [5.74, 6) is -0.526. The maximum atomic E-state index is 12.6. The van der Waals surface area contributed by atoms with Gasteiger partial charge in [-0.05, 0) is 32.0 Å². The van der Waals surface area contributed by atoms with Crippen LogP contribution in [0, 0.1) is 0 Å². The van der Waals surface area contributed by atoms with Crippen LogP contribution in [-0.4, -0.2) is 16.3 Å². The lowest BCUT2D eigenvalue weighted by Crippen LogP contribution is -2.48. The molecule has 1 unspecified atom stereocenters. The van der Waals surface area contributed by atoms with E-state index in [0.29, 0.717) is 0 Å². The first-order valence-electron chi connectivity index (χ1n) is 5.68. The van der Waals surface area contributed by atoms with Gasteiger partial charge in [-0.15, -0.1) is 0 Å². The molecular formula is C13H15BrF3NO. The van der Waals surface area contributed by atoms with E-state index in [9.17, 15) is 18.0 Å². The van der Waals surface area contributed by atoms with Crippen molar-refractivity contribution in [2.75, 3.05) is 0 Å². The molecule has 106 valence electrons. The molecule has 0 aliphatic heterocycles. The molecule has 0 spiro atoms. The quantitative estimate of drug-likeness (QED) is 0.830. The van der Waals surface area contributed by atoms with E-state index in [-0.39, 0.29) is 10.4 Å². The van der Waals surface area contributed by atoms with E-state index in [1.807, 2.05) is 6.92 Å². The van der Waals surface area contributed by atoms with Gasteiger partial charge >= 0.3 is 6.18 Å². The molecule has 0 aliphatic carbocycles. The molecule has 0 fully saturated rings. The van der Waals surface area contributed by atoms with Crippen LogP contribution in [-0.2, 0) is 6.18 Å². The van der Waals surface area contributed by atoms with E-state index in [0.717, 1.165) is 12.1 Å². The maximum Gasteiger partial charge on any atom is 0.416 e. The molecule has 0 radical (unpaired) electrons. The average Bonchev–Trinajstić information content (AvgIpc) is 2.27. The predicted octanol–water partition coefficient (Wildman–Crippen LogP) is 4.00. The minimum absolute atomic E-state index is 0.00366. The minimum atomic E-state index is -4.45. The Morgan fingerprint density at radius 2 is 1.89 bits per heavy atom. The number of hydrogen-bond donors (Lipinski definition) is 1. The van der Waals surface area contributed by atoms with Gasteiger partial charge in [-0.25, -0.2) is 0 Å². The highest BCUT2D eigenvalue weighted by Crippen LogP contribution is 2.29. The van der Waals surface area contributed by atoms with Gasteiger partial charge in [0.2, 0.25) is 0 Å². The summed E-state index contributed by atoms with van der Waals surface area (Å²) in [7, 11) is 0. The Kier molecular flexibility index (Phi) is 4.66. The zero-order chi connectivity index (χ0) is 14.8. The normalized spacial score (nSPS) is 14.1. The molecule has 0 bridgehead atoms. The van der Waals surface area contributed by atoms with Crippen LogP contribution in [0.4, 0.5) is 13.2 Å². The number of hydrogen-bond acceptors (Lipinski definition) is 1. The maximum absolute atomic E-state index is 12.6. The smallest absolute Gasteiger partial charge is 0.346 e. The SMILES string of the molecule is CC(Br)C(C)(C)NC(=O)c1cccc(C(F)(F)F)c1. The fourth-order valence-electron chi connectivity index (χ4n) is 1.30. The zero-order valence-electron chi connectivity index (χ0n) is 10.8.